The van der Waals surface area contributed by atoms with Crippen LogP contribution in [0.3, 0.4) is 0 Å². The lowest BCUT2D eigenvalue weighted by Gasteiger charge is -2.34. The van der Waals surface area contributed by atoms with Crippen LogP contribution in [0.25, 0.3) is 0 Å². The molecule has 3 rings (SSSR count). The number of piperidine rings is 1. The molecule has 2 unspecified atom stereocenters. The molecule has 1 aromatic carbocycles. The molecule has 2 aliphatic rings. The SMILES string of the molecule is COC(=O)c1ccc(S(=O)(=O)N2CCC3NCCC3C2)cc1.Cl. The average Bonchev–Trinajstić information content (AvgIpc) is 3.01. The zero-order valence-corrected chi connectivity index (χ0v) is 14.5. The number of methoxy groups -OCH3 is 1. The number of nitrogens with zero attached hydrogens (tertiary/aromatic N) is 1. The summed E-state index contributed by atoms with van der Waals surface area (Å²) in [6.45, 7) is 2.07. The summed E-state index contributed by atoms with van der Waals surface area (Å²) >= 11 is 0. The van der Waals surface area contributed by atoms with E-state index >= 15 is 0 Å². The van der Waals surface area contributed by atoms with Crippen LogP contribution >= 0.6 is 12.4 Å². The van der Waals surface area contributed by atoms with Crippen molar-refractivity contribution in [1.29, 1.82) is 0 Å². The van der Waals surface area contributed by atoms with Gasteiger partial charge >= 0.3 is 5.97 Å². The smallest absolute Gasteiger partial charge is 0.337 e. The molecule has 128 valence electrons. The molecule has 0 spiro atoms. The Balaban J connectivity index is 0.00000192. The summed E-state index contributed by atoms with van der Waals surface area (Å²) in [6.07, 6.45) is 1.88. The molecule has 0 bridgehead atoms. The number of nitrogens with one attached hydrogen (secondary N) is 1. The highest BCUT2D eigenvalue weighted by Crippen LogP contribution is 2.28. The van der Waals surface area contributed by atoms with Crippen LogP contribution in [0.5, 0.6) is 0 Å². The van der Waals surface area contributed by atoms with Gasteiger partial charge in [-0.2, -0.15) is 4.31 Å². The number of esters is 1. The van der Waals surface area contributed by atoms with E-state index < -0.39 is 16.0 Å². The molecule has 2 fully saturated rings. The van der Waals surface area contributed by atoms with E-state index in [9.17, 15) is 13.2 Å². The minimum Gasteiger partial charge on any atom is -0.465 e. The molecule has 0 radical (unpaired) electrons. The van der Waals surface area contributed by atoms with Gasteiger partial charge in [0.1, 0.15) is 0 Å². The number of halogens is 1. The van der Waals surface area contributed by atoms with Gasteiger partial charge in [-0.15, -0.1) is 12.4 Å². The Bertz CT molecular complexity index is 663. The van der Waals surface area contributed by atoms with Crippen LogP contribution in [-0.4, -0.2) is 51.5 Å². The van der Waals surface area contributed by atoms with Crippen molar-refractivity contribution in [3.63, 3.8) is 0 Å². The van der Waals surface area contributed by atoms with Crippen LogP contribution in [0.15, 0.2) is 29.2 Å². The van der Waals surface area contributed by atoms with Gasteiger partial charge in [-0.25, -0.2) is 13.2 Å². The molecular weight excluding hydrogens is 340 g/mol. The molecule has 0 aliphatic carbocycles. The molecule has 23 heavy (non-hydrogen) atoms. The Morgan fingerprint density at radius 1 is 1.26 bits per heavy atom. The van der Waals surface area contributed by atoms with E-state index in [4.69, 9.17) is 0 Å². The lowest BCUT2D eigenvalue weighted by molar-refractivity contribution is 0.0600. The van der Waals surface area contributed by atoms with Gasteiger partial charge in [0.2, 0.25) is 10.0 Å². The predicted octanol–water partition coefficient (Wildman–Crippen LogP) is 1.27. The van der Waals surface area contributed by atoms with Crippen molar-refractivity contribution in [1.82, 2.24) is 9.62 Å². The van der Waals surface area contributed by atoms with Gasteiger partial charge in [-0.3, -0.25) is 0 Å². The van der Waals surface area contributed by atoms with Gasteiger partial charge in [-0.1, -0.05) is 0 Å². The largest absolute Gasteiger partial charge is 0.465 e. The summed E-state index contributed by atoms with van der Waals surface area (Å²) in [5.41, 5.74) is 0.347. The first-order chi connectivity index (χ1) is 10.5. The van der Waals surface area contributed by atoms with Crippen molar-refractivity contribution in [3.05, 3.63) is 29.8 Å². The van der Waals surface area contributed by atoms with Gasteiger partial charge in [0, 0.05) is 19.1 Å². The highest BCUT2D eigenvalue weighted by Gasteiger charge is 2.37. The fraction of sp³-hybridized carbons (Fsp3) is 0.533. The van der Waals surface area contributed by atoms with E-state index in [0.717, 1.165) is 19.4 Å². The summed E-state index contributed by atoms with van der Waals surface area (Å²) in [7, 11) is -2.20. The molecule has 2 saturated heterocycles. The fourth-order valence-electron chi connectivity index (χ4n) is 3.26. The molecule has 6 nitrogen and oxygen atoms in total. The molecule has 2 heterocycles. The van der Waals surface area contributed by atoms with Crippen molar-refractivity contribution in [2.45, 2.75) is 23.8 Å². The van der Waals surface area contributed by atoms with Gasteiger partial charge < -0.3 is 10.1 Å². The summed E-state index contributed by atoms with van der Waals surface area (Å²) < 4.78 is 31.6. The minimum atomic E-state index is -3.50. The minimum absolute atomic E-state index is 0. The topological polar surface area (TPSA) is 75.7 Å². The average molecular weight is 361 g/mol. The number of carbonyl (C=O) groups excluding carboxylic acids is 1. The Morgan fingerprint density at radius 2 is 1.96 bits per heavy atom. The van der Waals surface area contributed by atoms with Crippen LogP contribution in [0.2, 0.25) is 0 Å². The van der Waals surface area contributed by atoms with Crippen molar-refractivity contribution < 1.29 is 17.9 Å². The number of sulfonamides is 1. The highest BCUT2D eigenvalue weighted by molar-refractivity contribution is 7.89. The number of ether oxygens (including phenoxy) is 1. The first-order valence-electron chi connectivity index (χ1n) is 7.44. The third-order valence-corrected chi connectivity index (χ3v) is 6.41. The Kier molecular flexibility index (Phi) is 5.67. The maximum absolute atomic E-state index is 12.7. The second-order valence-corrected chi connectivity index (χ2v) is 7.71. The van der Waals surface area contributed by atoms with Gasteiger partial charge in [-0.05, 0) is 49.6 Å². The first kappa shape index (κ1) is 18.2. The number of hydrogen-bond donors (Lipinski definition) is 1. The number of rotatable bonds is 3. The molecule has 0 amide bonds. The normalized spacial score (nSPS) is 24.6. The summed E-state index contributed by atoms with van der Waals surface area (Å²) in [5.74, 6) is -0.0698. The quantitative estimate of drug-likeness (QED) is 0.821. The third kappa shape index (κ3) is 3.52. The molecule has 0 saturated carbocycles. The van der Waals surface area contributed by atoms with E-state index in [0.29, 0.717) is 30.6 Å². The summed E-state index contributed by atoms with van der Waals surface area (Å²) in [6, 6.07) is 6.37. The van der Waals surface area contributed by atoms with Gasteiger partial charge in [0.05, 0.1) is 17.6 Å². The van der Waals surface area contributed by atoms with Crippen LogP contribution in [-0.2, 0) is 14.8 Å². The summed E-state index contributed by atoms with van der Waals surface area (Å²) in [4.78, 5) is 11.6. The molecule has 0 aromatic heterocycles. The maximum Gasteiger partial charge on any atom is 0.337 e. The second kappa shape index (κ2) is 7.17. The van der Waals surface area contributed by atoms with E-state index in [1.165, 1.54) is 31.4 Å². The Hall–Kier alpha value is -1.15. The second-order valence-electron chi connectivity index (χ2n) is 5.78. The number of benzene rings is 1. The lowest BCUT2D eigenvalue weighted by Crippen LogP contribution is -2.46. The summed E-state index contributed by atoms with van der Waals surface area (Å²) in [5, 5.41) is 3.42. The van der Waals surface area contributed by atoms with Crippen molar-refractivity contribution in [2.24, 2.45) is 5.92 Å². The first-order valence-corrected chi connectivity index (χ1v) is 8.88. The standard InChI is InChI=1S/C15H20N2O4S.ClH/c1-21-15(18)11-2-4-13(5-3-11)22(19,20)17-9-7-14-12(10-17)6-8-16-14;/h2-5,12,14,16H,6-10H2,1H3;1H. The van der Waals surface area contributed by atoms with Gasteiger partial charge in [0.25, 0.3) is 0 Å². The monoisotopic (exact) mass is 360 g/mol. The molecule has 1 aromatic rings. The predicted molar refractivity (Wildman–Crippen MR) is 88.3 cm³/mol. The fourth-order valence-corrected chi connectivity index (χ4v) is 4.77. The molecular formula is C15H21ClN2O4S. The molecule has 2 aliphatic heterocycles. The van der Waals surface area contributed by atoms with Crippen molar-refractivity contribution >= 4 is 28.4 Å². The van der Waals surface area contributed by atoms with Crippen LogP contribution in [0, 0.1) is 5.92 Å². The van der Waals surface area contributed by atoms with Crippen LogP contribution in [0.1, 0.15) is 23.2 Å². The number of fused-ring (bicyclic) bond motifs is 1. The molecule has 1 N–H and O–H groups in total. The molecule has 2 atom stereocenters. The van der Waals surface area contributed by atoms with Crippen LogP contribution in [0.4, 0.5) is 0 Å². The number of carbonyl (C=O) groups is 1. The van der Waals surface area contributed by atoms with E-state index in [2.05, 4.69) is 10.1 Å². The number of hydrogen-bond acceptors (Lipinski definition) is 5. The Morgan fingerprint density at radius 3 is 2.61 bits per heavy atom. The lowest BCUT2D eigenvalue weighted by atomic mass is 9.95. The maximum atomic E-state index is 12.7. The van der Waals surface area contributed by atoms with E-state index in [-0.39, 0.29) is 17.3 Å². The van der Waals surface area contributed by atoms with Crippen molar-refractivity contribution in [3.8, 4) is 0 Å². The van der Waals surface area contributed by atoms with E-state index in [1.54, 1.807) is 4.31 Å². The van der Waals surface area contributed by atoms with E-state index in [1.807, 2.05) is 0 Å². The third-order valence-electron chi connectivity index (χ3n) is 4.53. The van der Waals surface area contributed by atoms with Gasteiger partial charge in [0.15, 0.2) is 0 Å². The zero-order valence-electron chi connectivity index (χ0n) is 12.9. The molecule has 8 heteroatoms. The zero-order chi connectivity index (χ0) is 15.7. The van der Waals surface area contributed by atoms with Crippen molar-refractivity contribution in [2.75, 3.05) is 26.7 Å². The highest BCUT2D eigenvalue weighted by atomic mass is 35.5. The van der Waals surface area contributed by atoms with Crippen LogP contribution < -0.4 is 5.32 Å². The Labute approximate surface area is 142 Å².